The van der Waals surface area contributed by atoms with Gasteiger partial charge in [-0.25, -0.2) is 0 Å². The van der Waals surface area contributed by atoms with Crippen LogP contribution in [0.5, 0.6) is 0 Å². The number of hydrogen-bond acceptors (Lipinski definition) is 9. The lowest BCUT2D eigenvalue weighted by Crippen LogP contribution is -2.59. The molecule has 9 nitrogen and oxygen atoms in total. The van der Waals surface area contributed by atoms with Crippen molar-refractivity contribution in [1.29, 1.82) is 0 Å². The van der Waals surface area contributed by atoms with E-state index < -0.39 is 43.4 Å². The van der Waals surface area contributed by atoms with E-state index in [1.54, 1.807) is 0 Å². The fraction of sp³-hybridized carbons (Fsp3) is 0.881. The zero-order valence-electron chi connectivity index (χ0n) is 32.6. The molecule has 51 heavy (non-hydrogen) atoms. The Labute approximate surface area is 311 Å². The third-order valence-electron chi connectivity index (χ3n) is 9.62. The van der Waals surface area contributed by atoms with Gasteiger partial charge in [0, 0.05) is 13.0 Å². The Bertz CT molecular complexity index is 833. The van der Waals surface area contributed by atoms with Crippen LogP contribution in [0, 0.1) is 0 Å². The van der Waals surface area contributed by atoms with Crippen LogP contribution >= 0.6 is 0 Å². The predicted octanol–water partition coefficient (Wildman–Crippen LogP) is 8.64. The fourth-order valence-corrected chi connectivity index (χ4v) is 6.29. The van der Waals surface area contributed by atoms with Gasteiger partial charge in [-0.2, -0.15) is 0 Å². The van der Waals surface area contributed by atoms with E-state index in [0.717, 1.165) is 38.5 Å². The zero-order chi connectivity index (χ0) is 37.2. The van der Waals surface area contributed by atoms with Gasteiger partial charge < -0.3 is 39.4 Å². The van der Waals surface area contributed by atoms with Crippen molar-refractivity contribution >= 4 is 5.97 Å². The fourth-order valence-electron chi connectivity index (χ4n) is 6.29. The summed E-state index contributed by atoms with van der Waals surface area (Å²) in [4.78, 5) is 12.6. The highest BCUT2D eigenvalue weighted by Gasteiger charge is 2.44. The molecule has 0 spiro atoms. The maximum atomic E-state index is 12.6. The molecule has 0 amide bonds. The van der Waals surface area contributed by atoms with E-state index >= 15 is 0 Å². The van der Waals surface area contributed by atoms with Gasteiger partial charge in [0.2, 0.25) is 0 Å². The Hall–Kier alpha value is -1.33. The van der Waals surface area contributed by atoms with Gasteiger partial charge in [0.05, 0.1) is 19.8 Å². The second-order valence-electron chi connectivity index (χ2n) is 14.4. The molecule has 1 saturated heterocycles. The van der Waals surface area contributed by atoms with Crippen LogP contribution in [0.15, 0.2) is 24.3 Å². The average molecular weight is 727 g/mol. The normalized spacial score (nSPS) is 21.6. The number of esters is 1. The number of ether oxygens (including phenoxy) is 4. The molecule has 9 heteroatoms. The third kappa shape index (κ3) is 26.1. The molecule has 1 fully saturated rings. The molecular weight excluding hydrogens is 648 g/mol. The first-order chi connectivity index (χ1) is 24.9. The Morgan fingerprint density at radius 3 is 1.73 bits per heavy atom. The lowest BCUT2D eigenvalue weighted by Gasteiger charge is -2.39. The molecule has 1 heterocycles. The number of aliphatic hydroxyl groups is 4. The van der Waals surface area contributed by atoms with E-state index in [1.807, 2.05) is 0 Å². The summed E-state index contributed by atoms with van der Waals surface area (Å²) in [6, 6.07) is 0. The molecule has 300 valence electrons. The first-order valence-corrected chi connectivity index (χ1v) is 20.9. The van der Waals surface area contributed by atoms with Crippen molar-refractivity contribution in [2.24, 2.45) is 0 Å². The van der Waals surface area contributed by atoms with Gasteiger partial charge >= 0.3 is 5.97 Å². The number of rotatable bonds is 35. The SMILES string of the molecule is CCCCC/C=C\C/C=C\CCCCCCCCCCCCOCC(COC1OC(CO)C(O)C(O)C1O)OC(=O)CCCCCCCCCC. The quantitative estimate of drug-likeness (QED) is 0.0288. The first kappa shape index (κ1) is 47.7. The van der Waals surface area contributed by atoms with E-state index in [2.05, 4.69) is 38.2 Å². The second kappa shape index (κ2) is 34.4. The van der Waals surface area contributed by atoms with Gasteiger partial charge in [-0.3, -0.25) is 4.79 Å². The highest BCUT2D eigenvalue weighted by molar-refractivity contribution is 5.69. The predicted molar refractivity (Wildman–Crippen MR) is 205 cm³/mol. The Morgan fingerprint density at radius 2 is 1.14 bits per heavy atom. The first-order valence-electron chi connectivity index (χ1n) is 20.9. The molecule has 4 N–H and O–H groups in total. The lowest BCUT2D eigenvalue weighted by molar-refractivity contribution is -0.305. The summed E-state index contributed by atoms with van der Waals surface area (Å²) in [7, 11) is 0. The highest BCUT2D eigenvalue weighted by atomic mass is 16.7. The molecule has 0 aromatic carbocycles. The van der Waals surface area contributed by atoms with E-state index in [1.165, 1.54) is 116 Å². The van der Waals surface area contributed by atoms with Crippen molar-refractivity contribution in [3.05, 3.63) is 24.3 Å². The van der Waals surface area contributed by atoms with Crippen LogP contribution in [0.1, 0.15) is 174 Å². The van der Waals surface area contributed by atoms with E-state index in [9.17, 15) is 25.2 Å². The van der Waals surface area contributed by atoms with Crippen LogP contribution < -0.4 is 0 Å². The minimum Gasteiger partial charge on any atom is -0.457 e. The summed E-state index contributed by atoms with van der Waals surface area (Å²) in [6.45, 7) is 4.50. The zero-order valence-corrected chi connectivity index (χ0v) is 32.6. The molecular formula is C42H78O9. The van der Waals surface area contributed by atoms with Gasteiger partial charge in [0.15, 0.2) is 6.29 Å². The summed E-state index contributed by atoms with van der Waals surface area (Å²) in [5.74, 6) is -0.319. The van der Waals surface area contributed by atoms with Crippen LogP contribution in [-0.4, -0.2) is 89.6 Å². The topological polar surface area (TPSA) is 135 Å². The van der Waals surface area contributed by atoms with E-state index in [-0.39, 0.29) is 19.2 Å². The number of aliphatic hydroxyl groups excluding tert-OH is 4. The average Bonchev–Trinajstić information content (AvgIpc) is 3.13. The third-order valence-corrected chi connectivity index (χ3v) is 9.62. The number of unbranched alkanes of at least 4 members (excludes halogenated alkanes) is 20. The molecule has 0 saturated carbocycles. The highest BCUT2D eigenvalue weighted by Crippen LogP contribution is 2.22. The molecule has 0 radical (unpaired) electrons. The second-order valence-corrected chi connectivity index (χ2v) is 14.4. The van der Waals surface area contributed by atoms with Crippen LogP contribution in [-0.2, 0) is 23.7 Å². The van der Waals surface area contributed by atoms with Crippen LogP contribution in [0.2, 0.25) is 0 Å². The number of allylic oxidation sites excluding steroid dienone is 4. The van der Waals surface area contributed by atoms with E-state index in [0.29, 0.717) is 13.0 Å². The standard InChI is InChI=1S/C42H78O9/c1-3-5-7-9-11-13-14-15-16-17-18-19-20-21-22-23-24-26-28-30-32-48-34-36(50-38(44)31-29-27-25-12-10-8-6-4-2)35-49-42-41(47)40(46)39(45)37(33-43)51-42/h11,13,15-16,36-37,39-43,45-47H,3-10,12,14,17-35H2,1-2H3/b13-11-,16-15-. The Morgan fingerprint density at radius 1 is 0.627 bits per heavy atom. The Balaban J connectivity index is 2.21. The molecule has 0 bridgehead atoms. The van der Waals surface area contributed by atoms with Crippen molar-refractivity contribution in [2.75, 3.05) is 26.4 Å². The molecule has 6 atom stereocenters. The minimum atomic E-state index is -1.53. The Kier molecular flexibility index (Phi) is 32.2. The van der Waals surface area contributed by atoms with E-state index in [4.69, 9.17) is 18.9 Å². The molecule has 0 aliphatic carbocycles. The molecule has 1 aliphatic heterocycles. The van der Waals surface area contributed by atoms with Crippen molar-refractivity contribution in [3.63, 3.8) is 0 Å². The van der Waals surface area contributed by atoms with Gasteiger partial charge in [0.1, 0.15) is 30.5 Å². The van der Waals surface area contributed by atoms with Crippen LogP contribution in [0.3, 0.4) is 0 Å². The van der Waals surface area contributed by atoms with Crippen LogP contribution in [0.25, 0.3) is 0 Å². The molecule has 1 aliphatic rings. The molecule has 0 aromatic heterocycles. The number of carbonyl (C=O) groups excluding carboxylic acids is 1. The number of hydrogen-bond donors (Lipinski definition) is 4. The molecule has 6 unspecified atom stereocenters. The lowest BCUT2D eigenvalue weighted by atomic mass is 9.99. The summed E-state index contributed by atoms with van der Waals surface area (Å²) >= 11 is 0. The van der Waals surface area contributed by atoms with Crippen molar-refractivity contribution < 1.29 is 44.2 Å². The summed E-state index contributed by atoms with van der Waals surface area (Å²) in [6.07, 6.45) is 30.7. The minimum absolute atomic E-state index is 0.112. The maximum absolute atomic E-state index is 12.6. The molecule has 0 aromatic rings. The van der Waals surface area contributed by atoms with Crippen molar-refractivity contribution in [1.82, 2.24) is 0 Å². The van der Waals surface area contributed by atoms with Gasteiger partial charge in [-0.1, -0.05) is 147 Å². The summed E-state index contributed by atoms with van der Waals surface area (Å²) < 4.78 is 22.7. The van der Waals surface area contributed by atoms with Crippen molar-refractivity contribution in [2.45, 2.75) is 211 Å². The summed E-state index contributed by atoms with van der Waals surface area (Å²) in [5.41, 5.74) is 0. The largest absolute Gasteiger partial charge is 0.457 e. The van der Waals surface area contributed by atoms with Gasteiger partial charge in [-0.15, -0.1) is 0 Å². The summed E-state index contributed by atoms with van der Waals surface area (Å²) in [5, 5.41) is 39.9. The maximum Gasteiger partial charge on any atom is 0.306 e. The number of carbonyl (C=O) groups is 1. The van der Waals surface area contributed by atoms with Gasteiger partial charge in [0.25, 0.3) is 0 Å². The molecule has 1 rings (SSSR count). The van der Waals surface area contributed by atoms with Crippen LogP contribution in [0.4, 0.5) is 0 Å². The smallest absolute Gasteiger partial charge is 0.306 e. The van der Waals surface area contributed by atoms with Crippen molar-refractivity contribution in [3.8, 4) is 0 Å². The monoisotopic (exact) mass is 727 g/mol. The van der Waals surface area contributed by atoms with Gasteiger partial charge in [-0.05, 0) is 44.9 Å².